The first-order valence-electron chi connectivity index (χ1n) is 30.2. The van der Waals surface area contributed by atoms with Crippen LogP contribution < -0.4 is 42.0 Å². The molecule has 1 aromatic rings. The van der Waals surface area contributed by atoms with Crippen LogP contribution in [0.5, 0.6) is 5.75 Å². The second kappa shape index (κ2) is 39.2. The SMILES string of the molecule is CC(=O)NC1C(OCCOCCNC(=O)CCC(CCC(=O)NCCOCCOC2OC(CO)C(O)C(O)C2NC(C)=O)(CCC(=O)NCCOCCOC2OC(CO)C(O)C(O)C2NC(C)=O)NC(=O)c2ccc(OC(C)(C)C)cc2)CC(CO)C(O)C1O. The molecule has 1 aromatic carbocycles. The van der Waals surface area contributed by atoms with E-state index < -0.39 is 164 Å². The van der Waals surface area contributed by atoms with E-state index in [9.17, 15) is 79.5 Å². The monoisotopic (exact) mass is 1290 g/mol. The Morgan fingerprint density at radius 1 is 0.500 bits per heavy atom. The molecule has 32 heteroatoms. The molecule has 1 saturated carbocycles. The predicted molar refractivity (Wildman–Crippen MR) is 313 cm³/mol. The van der Waals surface area contributed by atoms with Crippen molar-refractivity contribution in [1.29, 1.82) is 0 Å². The minimum absolute atomic E-state index is 0.00501. The van der Waals surface area contributed by atoms with Crippen LogP contribution in [0.1, 0.15) is 96.8 Å². The summed E-state index contributed by atoms with van der Waals surface area (Å²) in [6.45, 7) is 7.42. The van der Waals surface area contributed by atoms with Crippen molar-refractivity contribution in [2.75, 3.05) is 98.9 Å². The van der Waals surface area contributed by atoms with Crippen LogP contribution in [0.15, 0.2) is 24.3 Å². The van der Waals surface area contributed by atoms with Gasteiger partial charge in [0.25, 0.3) is 5.91 Å². The second-order valence-electron chi connectivity index (χ2n) is 23.3. The lowest BCUT2D eigenvalue weighted by Crippen LogP contribution is -2.64. The average molecular weight is 1290 g/mol. The Kier molecular flexibility index (Phi) is 33.6. The number of hydrogen-bond donors (Lipinski definition) is 16. The van der Waals surface area contributed by atoms with Crippen molar-refractivity contribution >= 4 is 41.4 Å². The summed E-state index contributed by atoms with van der Waals surface area (Å²) in [5.41, 5.74) is -1.71. The number of aliphatic hydroxyl groups is 9. The molecule has 7 amide bonds. The molecule has 32 nitrogen and oxygen atoms in total. The van der Waals surface area contributed by atoms with Gasteiger partial charge >= 0.3 is 0 Å². The lowest BCUT2D eigenvalue weighted by atomic mass is 9.79. The summed E-state index contributed by atoms with van der Waals surface area (Å²) in [5.74, 6) is -3.66. The minimum Gasteiger partial charge on any atom is -0.488 e. The van der Waals surface area contributed by atoms with Gasteiger partial charge in [-0.25, -0.2) is 0 Å². The third kappa shape index (κ3) is 26.3. The molecule has 4 rings (SSSR count). The Bertz CT molecular complexity index is 2160. The van der Waals surface area contributed by atoms with E-state index in [2.05, 4.69) is 37.2 Å². The number of amides is 7. The first-order chi connectivity index (χ1) is 42.7. The van der Waals surface area contributed by atoms with Crippen molar-refractivity contribution in [3.05, 3.63) is 29.8 Å². The third-order valence-corrected chi connectivity index (χ3v) is 14.9. The van der Waals surface area contributed by atoms with Gasteiger partial charge in [0.2, 0.25) is 35.4 Å². The standard InChI is InChI=1S/C58H97N7O25/c1-33(69)62-45-39(29-37(30-66)48(75)51(45)78)85-26-23-82-20-17-59-42(72)11-14-58(65-54(81)36-7-9-38(10-8-36)90-57(4,5)6,15-12-43(73)60-18-21-83-24-27-86-55-46(63-34(2)70)52(79)49(76)40(31-67)88-55)16-13-44(74)61-19-22-84-25-28-87-56-47(64-35(3)71)53(80)50(77)41(32-68)89-56/h7-10,37,39-41,45-53,55-56,66-68,75-80H,11-32H2,1-6H3,(H,59,72)(H,60,73)(H,61,74)(H,62,69)(H,63,70)(H,64,71)(H,65,81). The van der Waals surface area contributed by atoms with E-state index in [0.29, 0.717) is 5.75 Å². The van der Waals surface area contributed by atoms with Crippen LogP contribution in [-0.4, -0.2) is 283 Å². The van der Waals surface area contributed by atoms with Gasteiger partial charge in [0.1, 0.15) is 66.2 Å². The van der Waals surface area contributed by atoms with E-state index in [0.717, 1.165) is 0 Å². The highest BCUT2D eigenvalue weighted by molar-refractivity contribution is 5.95. The van der Waals surface area contributed by atoms with E-state index in [1.54, 1.807) is 24.3 Å². The average Bonchev–Trinajstić information content (AvgIpc) is 1.09. The summed E-state index contributed by atoms with van der Waals surface area (Å²) in [5, 5.41) is 111. The number of ether oxygens (including phenoxy) is 9. The molecular weight excluding hydrogens is 1190 g/mol. The van der Waals surface area contributed by atoms with Gasteiger partial charge in [-0.2, -0.15) is 0 Å². The maximum atomic E-state index is 14.3. The lowest BCUT2D eigenvalue weighted by Gasteiger charge is -2.42. The van der Waals surface area contributed by atoms with Crippen LogP contribution in [0.4, 0.5) is 0 Å². The normalized spacial score (nSPS) is 27.5. The first-order valence-corrected chi connectivity index (χ1v) is 30.2. The highest BCUT2D eigenvalue weighted by Gasteiger charge is 2.48. The number of aliphatic hydroxyl groups excluding tert-OH is 9. The summed E-state index contributed by atoms with van der Waals surface area (Å²) in [4.78, 5) is 90.4. The van der Waals surface area contributed by atoms with Crippen molar-refractivity contribution in [2.24, 2.45) is 5.92 Å². The van der Waals surface area contributed by atoms with Gasteiger partial charge in [-0.05, 0) is 70.7 Å². The summed E-state index contributed by atoms with van der Waals surface area (Å²) < 4.78 is 51.2. The predicted octanol–water partition coefficient (Wildman–Crippen LogP) is -5.38. The molecule has 514 valence electrons. The fourth-order valence-corrected chi connectivity index (χ4v) is 10.3. The van der Waals surface area contributed by atoms with Gasteiger partial charge < -0.3 is 126 Å². The molecule has 15 unspecified atom stereocenters. The van der Waals surface area contributed by atoms with Gasteiger partial charge in [0, 0.05) is 83.3 Å². The molecule has 15 atom stereocenters. The zero-order chi connectivity index (χ0) is 66.6. The van der Waals surface area contributed by atoms with Crippen molar-refractivity contribution in [1.82, 2.24) is 37.2 Å². The van der Waals surface area contributed by atoms with Crippen LogP contribution in [-0.2, 0) is 66.7 Å². The summed E-state index contributed by atoms with van der Waals surface area (Å²) >= 11 is 0. The summed E-state index contributed by atoms with van der Waals surface area (Å²) in [6.07, 6.45) is -14.9. The molecule has 0 spiro atoms. The zero-order valence-corrected chi connectivity index (χ0v) is 52.1. The number of benzene rings is 1. The van der Waals surface area contributed by atoms with Crippen LogP contribution in [0, 0.1) is 5.92 Å². The van der Waals surface area contributed by atoms with E-state index in [-0.39, 0.29) is 130 Å². The largest absolute Gasteiger partial charge is 0.488 e. The Labute approximate surface area is 523 Å². The zero-order valence-electron chi connectivity index (χ0n) is 52.1. The van der Waals surface area contributed by atoms with E-state index in [4.69, 9.17) is 42.6 Å². The van der Waals surface area contributed by atoms with Crippen LogP contribution in [0.3, 0.4) is 0 Å². The van der Waals surface area contributed by atoms with Gasteiger partial charge in [-0.15, -0.1) is 0 Å². The van der Waals surface area contributed by atoms with E-state index in [1.165, 1.54) is 20.8 Å². The van der Waals surface area contributed by atoms with E-state index >= 15 is 0 Å². The molecule has 2 heterocycles. The summed E-state index contributed by atoms with van der Waals surface area (Å²) in [7, 11) is 0. The molecule has 0 bridgehead atoms. The molecule has 3 aliphatic rings. The Morgan fingerprint density at radius 2 is 0.889 bits per heavy atom. The van der Waals surface area contributed by atoms with Crippen molar-refractivity contribution in [3.8, 4) is 5.75 Å². The Hall–Kier alpha value is -5.37. The topological polar surface area (TPSA) is 469 Å². The molecule has 0 aromatic heterocycles. The number of rotatable bonds is 39. The number of nitrogens with one attached hydrogen (secondary N) is 7. The Balaban J connectivity index is 1.41. The maximum absolute atomic E-state index is 14.3. The summed E-state index contributed by atoms with van der Waals surface area (Å²) in [6, 6.07) is 3.10. The number of carbonyl (C=O) groups is 7. The van der Waals surface area contributed by atoms with Crippen LogP contribution in [0.2, 0.25) is 0 Å². The maximum Gasteiger partial charge on any atom is 0.251 e. The van der Waals surface area contributed by atoms with Gasteiger partial charge in [0.05, 0.1) is 90.9 Å². The smallest absolute Gasteiger partial charge is 0.251 e. The number of carbonyl (C=O) groups excluding carboxylic acids is 7. The Morgan fingerprint density at radius 3 is 1.27 bits per heavy atom. The fourth-order valence-electron chi connectivity index (χ4n) is 10.3. The third-order valence-electron chi connectivity index (χ3n) is 14.9. The molecular formula is C58H97N7O25. The fraction of sp³-hybridized carbons (Fsp3) is 0.776. The molecule has 16 N–H and O–H groups in total. The quantitative estimate of drug-likeness (QED) is 0.0274. The molecule has 1 aliphatic carbocycles. The second-order valence-corrected chi connectivity index (χ2v) is 23.3. The highest BCUT2D eigenvalue weighted by atomic mass is 16.7. The van der Waals surface area contributed by atoms with Crippen molar-refractivity contribution in [3.63, 3.8) is 0 Å². The van der Waals surface area contributed by atoms with Gasteiger partial charge in [-0.3, -0.25) is 33.6 Å². The highest BCUT2D eigenvalue weighted by Crippen LogP contribution is 2.30. The lowest BCUT2D eigenvalue weighted by molar-refractivity contribution is -0.272. The van der Waals surface area contributed by atoms with Gasteiger partial charge in [-0.1, -0.05) is 0 Å². The minimum atomic E-state index is -1.51. The molecule has 2 saturated heterocycles. The first kappa shape index (κ1) is 77.1. The van der Waals surface area contributed by atoms with Crippen LogP contribution >= 0.6 is 0 Å². The van der Waals surface area contributed by atoms with E-state index in [1.807, 2.05) is 20.8 Å². The molecule has 3 fully saturated rings. The molecule has 2 aliphatic heterocycles. The van der Waals surface area contributed by atoms with Gasteiger partial charge in [0.15, 0.2) is 12.6 Å². The number of hydrogen-bond acceptors (Lipinski definition) is 25. The molecule has 90 heavy (non-hydrogen) atoms. The van der Waals surface area contributed by atoms with Crippen molar-refractivity contribution < 1.29 is 122 Å². The molecule has 0 radical (unpaired) electrons. The van der Waals surface area contributed by atoms with Crippen molar-refractivity contribution in [2.45, 2.75) is 183 Å². The van der Waals surface area contributed by atoms with Crippen LogP contribution in [0.25, 0.3) is 0 Å².